The van der Waals surface area contributed by atoms with Crippen LogP contribution >= 0.6 is 11.6 Å². The highest BCUT2D eigenvalue weighted by molar-refractivity contribution is 6.31. The second kappa shape index (κ2) is 5.85. The number of amides is 1. The van der Waals surface area contributed by atoms with Crippen molar-refractivity contribution in [3.8, 4) is 5.88 Å². The van der Waals surface area contributed by atoms with Gasteiger partial charge in [0.15, 0.2) is 0 Å². The minimum atomic E-state index is -0.299. The molecule has 23 heavy (non-hydrogen) atoms. The van der Waals surface area contributed by atoms with Crippen LogP contribution in [0.5, 0.6) is 5.88 Å². The maximum atomic E-state index is 12.7. The number of fused-ring (bicyclic) bond motifs is 2. The van der Waals surface area contributed by atoms with Crippen molar-refractivity contribution in [2.24, 2.45) is 0 Å². The van der Waals surface area contributed by atoms with Crippen molar-refractivity contribution in [1.29, 1.82) is 0 Å². The van der Waals surface area contributed by atoms with E-state index < -0.39 is 0 Å². The Balaban J connectivity index is 1.57. The molecule has 2 aliphatic rings. The Hall–Kier alpha value is -2.07. The van der Waals surface area contributed by atoms with Crippen molar-refractivity contribution in [2.75, 3.05) is 6.61 Å². The van der Waals surface area contributed by atoms with Gasteiger partial charge in [-0.2, -0.15) is 0 Å². The number of nitrogens with one attached hydrogen (secondary N) is 1. The molecular formula is C18H17ClN2O2. The molecule has 0 fully saturated rings. The number of nitrogens with zero attached hydrogens (tertiary/aromatic N) is 1. The van der Waals surface area contributed by atoms with Gasteiger partial charge in [0, 0.05) is 16.8 Å². The van der Waals surface area contributed by atoms with E-state index >= 15 is 0 Å². The summed E-state index contributed by atoms with van der Waals surface area (Å²) >= 11 is 6.38. The minimum Gasteiger partial charge on any atom is -0.476 e. The van der Waals surface area contributed by atoms with E-state index in [-0.39, 0.29) is 17.9 Å². The lowest BCUT2D eigenvalue weighted by Crippen LogP contribution is -2.35. The highest BCUT2D eigenvalue weighted by Crippen LogP contribution is 2.37. The Kier molecular flexibility index (Phi) is 3.69. The highest BCUT2D eigenvalue weighted by atomic mass is 35.5. The summed E-state index contributed by atoms with van der Waals surface area (Å²) in [5.41, 5.74) is 3.16. The molecule has 4 nitrogen and oxygen atoms in total. The van der Waals surface area contributed by atoms with E-state index in [0.29, 0.717) is 12.5 Å². The van der Waals surface area contributed by atoms with Crippen molar-refractivity contribution in [3.63, 3.8) is 0 Å². The van der Waals surface area contributed by atoms with Crippen LogP contribution < -0.4 is 10.1 Å². The maximum absolute atomic E-state index is 12.7. The molecule has 0 bridgehead atoms. The molecular weight excluding hydrogens is 312 g/mol. The molecule has 1 N–H and O–H groups in total. The number of rotatable bonds is 2. The normalized spacial score (nSPS) is 22.0. The van der Waals surface area contributed by atoms with Gasteiger partial charge in [-0.3, -0.25) is 4.79 Å². The molecule has 1 aromatic carbocycles. The lowest BCUT2D eigenvalue weighted by atomic mass is 9.87. The zero-order valence-electron chi connectivity index (χ0n) is 12.6. The highest BCUT2D eigenvalue weighted by Gasteiger charge is 2.33. The average Bonchev–Trinajstić information content (AvgIpc) is 2.99. The molecule has 0 saturated carbocycles. The monoisotopic (exact) mass is 328 g/mol. The first-order valence-electron chi connectivity index (χ1n) is 7.89. The Morgan fingerprint density at radius 2 is 2.22 bits per heavy atom. The number of carbonyl (C=O) groups excluding carboxylic acids is 1. The van der Waals surface area contributed by atoms with Crippen LogP contribution in [0.25, 0.3) is 0 Å². The Labute approximate surface area is 139 Å². The van der Waals surface area contributed by atoms with Crippen molar-refractivity contribution < 1.29 is 9.53 Å². The quantitative estimate of drug-likeness (QED) is 0.919. The first-order valence-corrected chi connectivity index (χ1v) is 8.27. The number of hydrogen-bond acceptors (Lipinski definition) is 3. The van der Waals surface area contributed by atoms with Gasteiger partial charge in [-0.25, -0.2) is 4.98 Å². The summed E-state index contributed by atoms with van der Waals surface area (Å²) < 4.78 is 5.52. The van der Waals surface area contributed by atoms with Crippen LogP contribution in [0.15, 0.2) is 36.5 Å². The Bertz CT molecular complexity index is 762. The van der Waals surface area contributed by atoms with Crippen LogP contribution in [-0.4, -0.2) is 17.5 Å². The summed E-state index contributed by atoms with van der Waals surface area (Å²) in [7, 11) is 0. The van der Waals surface area contributed by atoms with E-state index in [0.717, 1.165) is 35.4 Å². The second-order valence-corrected chi connectivity index (χ2v) is 6.43. The van der Waals surface area contributed by atoms with E-state index in [2.05, 4.69) is 16.4 Å². The van der Waals surface area contributed by atoms with Crippen LogP contribution in [-0.2, 0) is 11.2 Å². The number of ether oxygens (including phenoxy) is 1. The van der Waals surface area contributed by atoms with Crippen LogP contribution in [0.4, 0.5) is 0 Å². The predicted octanol–water partition coefficient (Wildman–Crippen LogP) is 3.40. The number of aryl methyl sites for hydroxylation is 1. The summed E-state index contributed by atoms with van der Waals surface area (Å²) in [5, 5.41) is 3.90. The van der Waals surface area contributed by atoms with Gasteiger partial charge in [-0.1, -0.05) is 29.8 Å². The van der Waals surface area contributed by atoms with Gasteiger partial charge in [0.1, 0.15) is 12.5 Å². The maximum Gasteiger partial charge on any atom is 0.231 e. The zero-order chi connectivity index (χ0) is 15.8. The van der Waals surface area contributed by atoms with Crippen LogP contribution in [0.3, 0.4) is 0 Å². The third kappa shape index (κ3) is 2.57. The summed E-state index contributed by atoms with van der Waals surface area (Å²) in [4.78, 5) is 16.9. The number of benzene rings is 1. The van der Waals surface area contributed by atoms with Gasteiger partial charge in [-0.15, -0.1) is 0 Å². The van der Waals surface area contributed by atoms with Gasteiger partial charge >= 0.3 is 0 Å². The second-order valence-electron chi connectivity index (χ2n) is 6.03. The molecule has 1 aliphatic heterocycles. The number of aromatic nitrogens is 1. The first kappa shape index (κ1) is 14.5. The molecule has 1 aromatic heterocycles. The van der Waals surface area contributed by atoms with E-state index in [1.807, 2.05) is 24.3 Å². The average molecular weight is 329 g/mol. The molecule has 2 heterocycles. The van der Waals surface area contributed by atoms with Crippen molar-refractivity contribution in [2.45, 2.75) is 31.2 Å². The van der Waals surface area contributed by atoms with Gasteiger partial charge in [-0.05, 0) is 42.5 Å². The fourth-order valence-electron chi connectivity index (χ4n) is 3.51. The molecule has 118 valence electrons. The van der Waals surface area contributed by atoms with E-state index in [4.69, 9.17) is 16.3 Å². The van der Waals surface area contributed by atoms with Gasteiger partial charge < -0.3 is 10.1 Å². The predicted molar refractivity (Wildman–Crippen MR) is 87.7 cm³/mol. The van der Waals surface area contributed by atoms with Crippen LogP contribution in [0.2, 0.25) is 5.02 Å². The summed E-state index contributed by atoms with van der Waals surface area (Å²) in [6, 6.07) is 9.67. The smallest absolute Gasteiger partial charge is 0.231 e. The third-order valence-electron chi connectivity index (χ3n) is 4.63. The zero-order valence-corrected chi connectivity index (χ0v) is 13.3. The third-order valence-corrected chi connectivity index (χ3v) is 4.96. The fourth-order valence-corrected chi connectivity index (χ4v) is 3.83. The molecule has 0 radical (unpaired) electrons. The Morgan fingerprint density at radius 1 is 1.30 bits per heavy atom. The van der Waals surface area contributed by atoms with E-state index in [1.54, 1.807) is 6.20 Å². The topological polar surface area (TPSA) is 51.2 Å². The lowest BCUT2D eigenvalue weighted by Gasteiger charge is -2.28. The number of carbonyl (C=O) groups is 1. The molecule has 5 heteroatoms. The number of halogens is 1. The molecule has 0 spiro atoms. The van der Waals surface area contributed by atoms with Crippen LogP contribution in [0, 0.1) is 0 Å². The fraction of sp³-hybridized carbons (Fsp3) is 0.333. The molecule has 1 amide bonds. The summed E-state index contributed by atoms with van der Waals surface area (Å²) in [6.45, 7) is 0.347. The first-order chi connectivity index (χ1) is 11.2. The van der Waals surface area contributed by atoms with Gasteiger partial charge in [0.05, 0.1) is 6.04 Å². The molecule has 2 aromatic rings. The van der Waals surface area contributed by atoms with Gasteiger partial charge in [0.25, 0.3) is 0 Å². The number of pyridine rings is 1. The summed E-state index contributed by atoms with van der Waals surface area (Å²) in [6.07, 6.45) is 4.66. The standard InChI is InChI=1S/C18H17ClN2O2/c19-14-7-1-4-11-5-2-8-15(16(11)14)21-17(22)13-10-23-18-12(13)6-3-9-20-18/h1,3-4,6-7,9,13,15H,2,5,8,10H2,(H,21,22)/t13-,15-/m1/s1. The molecule has 2 atom stereocenters. The van der Waals surface area contributed by atoms with Crippen molar-refractivity contribution in [3.05, 3.63) is 58.2 Å². The van der Waals surface area contributed by atoms with E-state index in [9.17, 15) is 4.79 Å². The van der Waals surface area contributed by atoms with Crippen molar-refractivity contribution in [1.82, 2.24) is 10.3 Å². The molecule has 4 rings (SSSR count). The largest absolute Gasteiger partial charge is 0.476 e. The summed E-state index contributed by atoms with van der Waals surface area (Å²) in [5.74, 6) is 0.246. The van der Waals surface area contributed by atoms with Gasteiger partial charge in [0.2, 0.25) is 11.8 Å². The molecule has 0 saturated heterocycles. The van der Waals surface area contributed by atoms with Crippen LogP contribution in [0.1, 0.15) is 41.5 Å². The Morgan fingerprint density at radius 3 is 3.13 bits per heavy atom. The van der Waals surface area contributed by atoms with E-state index in [1.165, 1.54) is 5.56 Å². The SMILES string of the molecule is O=C(N[C@@H]1CCCc2cccc(Cl)c21)[C@@H]1COc2ncccc21. The minimum absolute atomic E-state index is 0.0190. The number of hydrogen-bond donors (Lipinski definition) is 1. The van der Waals surface area contributed by atoms with Crippen molar-refractivity contribution >= 4 is 17.5 Å². The molecule has 1 aliphatic carbocycles. The molecule has 0 unspecified atom stereocenters. The lowest BCUT2D eigenvalue weighted by molar-refractivity contribution is -0.123.